The predicted octanol–water partition coefficient (Wildman–Crippen LogP) is 2.22. The van der Waals surface area contributed by atoms with Gasteiger partial charge in [0.2, 0.25) is 0 Å². The van der Waals surface area contributed by atoms with Gasteiger partial charge < -0.3 is 15.5 Å². The highest BCUT2D eigenvalue weighted by molar-refractivity contribution is 6.05. The second kappa shape index (κ2) is 4.33. The summed E-state index contributed by atoms with van der Waals surface area (Å²) < 4.78 is 5.53. The van der Waals surface area contributed by atoms with Crippen LogP contribution in [0.3, 0.4) is 0 Å². The molecule has 1 aliphatic heterocycles. The minimum Gasteiger partial charge on any atom is -0.377 e. The van der Waals surface area contributed by atoms with E-state index in [0.717, 1.165) is 23.0 Å². The molecule has 3 aromatic rings. The molecule has 1 saturated carbocycles. The van der Waals surface area contributed by atoms with Gasteiger partial charge in [0.25, 0.3) is 0 Å². The number of hydrogen-bond acceptors (Lipinski definition) is 4. The lowest BCUT2D eigenvalue weighted by Gasteiger charge is -2.53. The van der Waals surface area contributed by atoms with Crippen LogP contribution in [-0.2, 0) is 10.2 Å². The molecule has 1 aliphatic carbocycles. The van der Waals surface area contributed by atoms with Crippen molar-refractivity contribution in [1.29, 1.82) is 0 Å². The van der Waals surface area contributed by atoms with Crippen LogP contribution in [-0.4, -0.2) is 38.9 Å². The first-order valence-electron chi connectivity index (χ1n) is 8.33. The summed E-state index contributed by atoms with van der Waals surface area (Å²) in [6, 6.07) is 2.08. The maximum Gasteiger partial charge on any atom is 0.138 e. The molecule has 0 spiro atoms. The number of H-pyrrole nitrogens is 2. The fourth-order valence-corrected chi connectivity index (χ4v) is 4.96. The van der Waals surface area contributed by atoms with Gasteiger partial charge >= 0.3 is 0 Å². The molecule has 23 heavy (non-hydrogen) atoms. The van der Waals surface area contributed by atoms with Gasteiger partial charge in [-0.1, -0.05) is 13.3 Å². The molecular formula is C17H21N5O. The quantitative estimate of drug-likeness (QED) is 0.676. The van der Waals surface area contributed by atoms with Crippen LogP contribution in [0, 0.1) is 5.92 Å². The van der Waals surface area contributed by atoms with Crippen LogP contribution in [0.25, 0.3) is 21.9 Å². The van der Waals surface area contributed by atoms with Crippen molar-refractivity contribution in [2.24, 2.45) is 11.7 Å². The monoisotopic (exact) mass is 311 g/mol. The lowest BCUT2D eigenvalue weighted by atomic mass is 9.60. The normalized spacial score (nSPS) is 30.1. The predicted molar refractivity (Wildman–Crippen MR) is 88.2 cm³/mol. The molecule has 6 nitrogen and oxygen atoms in total. The fraction of sp³-hybridized carbons (Fsp3) is 0.529. The van der Waals surface area contributed by atoms with E-state index in [4.69, 9.17) is 10.5 Å². The Balaban J connectivity index is 1.85. The third kappa shape index (κ3) is 1.50. The number of nitrogens with one attached hydrogen (secondary N) is 2. The number of rotatable bonds is 2. The van der Waals surface area contributed by atoms with E-state index < -0.39 is 0 Å². The smallest absolute Gasteiger partial charge is 0.138 e. The van der Waals surface area contributed by atoms with Crippen molar-refractivity contribution >= 4 is 21.9 Å². The Kier molecular flexibility index (Phi) is 2.54. The van der Waals surface area contributed by atoms with Crippen LogP contribution in [0.1, 0.15) is 31.9 Å². The molecule has 0 radical (unpaired) electrons. The van der Waals surface area contributed by atoms with Gasteiger partial charge in [-0.25, -0.2) is 4.98 Å². The van der Waals surface area contributed by atoms with Crippen LogP contribution >= 0.6 is 0 Å². The first-order chi connectivity index (χ1) is 11.2. The molecule has 6 heteroatoms. The molecule has 1 unspecified atom stereocenters. The van der Waals surface area contributed by atoms with Crippen LogP contribution in [0.5, 0.6) is 0 Å². The molecule has 4 N–H and O–H groups in total. The third-order valence-corrected chi connectivity index (χ3v) is 6.21. The Labute approximate surface area is 133 Å². The first kappa shape index (κ1) is 13.5. The number of ether oxygens (including phenoxy) is 1. The maximum atomic E-state index is 6.84. The Bertz CT molecular complexity index is 893. The average Bonchev–Trinajstić information content (AvgIpc) is 3.21. The number of nitrogens with two attached hydrogens (primary N) is 1. The summed E-state index contributed by atoms with van der Waals surface area (Å²) in [5.74, 6) is 0.502. The van der Waals surface area contributed by atoms with Crippen molar-refractivity contribution in [3.8, 4) is 0 Å². The van der Waals surface area contributed by atoms with Crippen LogP contribution in [0.2, 0.25) is 0 Å². The summed E-state index contributed by atoms with van der Waals surface area (Å²) >= 11 is 0. The van der Waals surface area contributed by atoms with Crippen molar-refractivity contribution in [1.82, 2.24) is 20.2 Å². The third-order valence-electron chi connectivity index (χ3n) is 6.21. The van der Waals surface area contributed by atoms with Gasteiger partial charge in [-0.3, -0.25) is 5.10 Å². The standard InChI is InChI=1S/C17H21N5O/c1-10-3-2-5-17(10,16(18)8-23-9-16)14-13-11-4-6-19-15(11)20-7-12(13)21-22-14/h4,6-7,10H,2-3,5,8-9,18H2,1H3,(H,19,20)(H,21,22)/t10?,17-/m0/s1. The van der Waals surface area contributed by atoms with E-state index in [1.165, 1.54) is 23.9 Å². The van der Waals surface area contributed by atoms with E-state index in [2.05, 4.69) is 33.2 Å². The topological polar surface area (TPSA) is 92.6 Å². The van der Waals surface area contributed by atoms with Gasteiger partial charge in [-0.15, -0.1) is 0 Å². The zero-order chi connectivity index (χ0) is 15.7. The van der Waals surface area contributed by atoms with Crippen molar-refractivity contribution < 1.29 is 4.74 Å². The van der Waals surface area contributed by atoms with E-state index in [1.807, 2.05) is 12.4 Å². The lowest BCUT2D eigenvalue weighted by Crippen LogP contribution is -2.71. The molecule has 3 aromatic heterocycles. The zero-order valence-electron chi connectivity index (χ0n) is 13.2. The number of aromatic nitrogens is 4. The minimum absolute atomic E-state index is 0.106. The molecule has 4 heterocycles. The average molecular weight is 311 g/mol. The summed E-state index contributed by atoms with van der Waals surface area (Å²) in [5, 5.41) is 10.2. The Morgan fingerprint density at radius 3 is 2.96 bits per heavy atom. The second-order valence-corrected chi connectivity index (χ2v) is 7.27. The van der Waals surface area contributed by atoms with Crippen molar-refractivity contribution in [2.75, 3.05) is 13.2 Å². The number of aromatic amines is 2. The molecule has 2 fully saturated rings. The van der Waals surface area contributed by atoms with E-state index in [-0.39, 0.29) is 11.0 Å². The van der Waals surface area contributed by atoms with E-state index in [1.54, 1.807) is 0 Å². The van der Waals surface area contributed by atoms with E-state index in [9.17, 15) is 0 Å². The minimum atomic E-state index is -0.311. The SMILES string of the molecule is CC1CCC[C@]1(c1[nH]nc2cnc3[nH]ccc3c12)C1(N)COC1. The highest BCUT2D eigenvalue weighted by Crippen LogP contribution is 2.54. The molecule has 0 amide bonds. The maximum absolute atomic E-state index is 6.84. The molecule has 120 valence electrons. The highest BCUT2D eigenvalue weighted by Gasteiger charge is 2.60. The van der Waals surface area contributed by atoms with Gasteiger partial charge in [-0.05, 0) is 24.8 Å². The van der Waals surface area contributed by atoms with Crippen LogP contribution in [0.4, 0.5) is 0 Å². The van der Waals surface area contributed by atoms with Gasteiger partial charge in [0.15, 0.2) is 0 Å². The summed E-state index contributed by atoms with van der Waals surface area (Å²) in [6.45, 7) is 3.57. The van der Waals surface area contributed by atoms with Crippen molar-refractivity contribution in [3.05, 3.63) is 24.2 Å². The number of hydrogen-bond donors (Lipinski definition) is 3. The second-order valence-electron chi connectivity index (χ2n) is 7.27. The Morgan fingerprint density at radius 2 is 2.26 bits per heavy atom. The summed E-state index contributed by atoms with van der Waals surface area (Å²) in [5.41, 5.74) is 9.41. The molecule has 5 rings (SSSR count). The fourth-order valence-electron chi connectivity index (χ4n) is 4.96. The highest BCUT2D eigenvalue weighted by atomic mass is 16.5. The van der Waals surface area contributed by atoms with Gasteiger partial charge in [0.05, 0.1) is 30.6 Å². The molecule has 2 aliphatic rings. The Morgan fingerprint density at radius 1 is 1.39 bits per heavy atom. The summed E-state index contributed by atoms with van der Waals surface area (Å²) in [7, 11) is 0. The molecular weight excluding hydrogens is 290 g/mol. The number of pyridine rings is 1. The number of nitrogens with zero attached hydrogens (tertiary/aromatic N) is 2. The molecule has 2 atom stereocenters. The molecule has 0 bridgehead atoms. The van der Waals surface area contributed by atoms with E-state index in [0.29, 0.717) is 19.1 Å². The van der Waals surface area contributed by atoms with Crippen molar-refractivity contribution in [3.63, 3.8) is 0 Å². The summed E-state index contributed by atoms with van der Waals surface area (Å²) in [4.78, 5) is 7.65. The van der Waals surface area contributed by atoms with Crippen LogP contribution in [0.15, 0.2) is 18.5 Å². The van der Waals surface area contributed by atoms with Crippen LogP contribution < -0.4 is 5.73 Å². The van der Waals surface area contributed by atoms with Gasteiger partial charge in [0, 0.05) is 22.4 Å². The zero-order valence-corrected chi connectivity index (χ0v) is 13.2. The largest absolute Gasteiger partial charge is 0.377 e. The first-order valence-corrected chi connectivity index (χ1v) is 8.33. The Hall–Kier alpha value is -1.92. The van der Waals surface area contributed by atoms with Gasteiger partial charge in [-0.2, -0.15) is 5.10 Å². The molecule has 1 saturated heterocycles. The molecule has 0 aromatic carbocycles. The number of fused-ring (bicyclic) bond motifs is 3. The lowest BCUT2D eigenvalue weighted by molar-refractivity contribution is -0.104. The van der Waals surface area contributed by atoms with E-state index >= 15 is 0 Å². The van der Waals surface area contributed by atoms with Crippen molar-refractivity contribution in [2.45, 2.75) is 37.1 Å². The summed E-state index contributed by atoms with van der Waals surface area (Å²) in [6.07, 6.45) is 7.24. The van der Waals surface area contributed by atoms with Gasteiger partial charge in [0.1, 0.15) is 11.2 Å².